The van der Waals surface area contributed by atoms with E-state index in [4.69, 9.17) is 9.47 Å². The van der Waals surface area contributed by atoms with Crippen molar-refractivity contribution in [3.63, 3.8) is 0 Å². The zero-order valence-electron chi connectivity index (χ0n) is 9.93. The Morgan fingerprint density at radius 3 is 2.71 bits per heavy atom. The van der Waals surface area contributed by atoms with Gasteiger partial charge in [0.05, 0.1) is 25.0 Å². The highest BCUT2D eigenvalue weighted by atomic mass is 16.5. The van der Waals surface area contributed by atoms with Gasteiger partial charge in [0.25, 0.3) is 0 Å². The summed E-state index contributed by atoms with van der Waals surface area (Å²) < 4.78 is 10.9. The third kappa shape index (κ3) is 1.91. The van der Waals surface area contributed by atoms with E-state index in [-0.39, 0.29) is 12.2 Å². The molecule has 3 rings (SSSR count). The zero-order chi connectivity index (χ0) is 11.9. The monoisotopic (exact) mass is 235 g/mol. The number of hydrogen-bond acceptors (Lipinski definition) is 4. The lowest BCUT2D eigenvalue weighted by Gasteiger charge is -2.36. The van der Waals surface area contributed by atoms with Gasteiger partial charge in [-0.15, -0.1) is 0 Å². The molecule has 2 fully saturated rings. The van der Waals surface area contributed by atoms with Gasteiger partial charge in [-0.25, -0.2) is 4.98 Å². The van der Waals surface area contributed by atoms with Gasteiger partial charge in [0.15, 0.2) is 0 Å². The smallest absolute Gasteiger partial charge is 0.213 e. The fourth-order valence-corrected chi connectivity index (χ4v) is 2.91. The summed E-state index contributed by atoms with van der Waals surface area (Å²) in [4.78, 5) is 4.36. The van der Waals surface area contributed by atoms with Crippen molar-refractivity contribution in [3.05, 3.63) is 23.9 Å². The number of methoxy groups -OCH3 is 1. The number of fused-ring (bicyclic) bond motifs is 2. The average Bonchev–Trinajstić information content (AvgIpc) is 2.69. The van der Waals surface area contributed by atoms with Gasteiger partial charge in [0.2, 0.25) is 5.88 Å². The second kappa shape index (κ2) is 3.96. The van der Waals surface area contributed by atoms with E-state index >= 15 is 0 Å². The molecule has 2 aliphatic heterocycles. The predicted molar refractivity (Wildman–Crippen MR) is 61.8 cm³/mol. The minimum absolute atomic E-state index is 0.187. The summed E-state index contributed by atoms with van der Waals surface area (Å²) in [5, 5.41) is 10.7. The first-order valence-corrected chi connectivity index (χ1v) is 6.09. The molecule has 3 heterocycles. The molecular weight excluding hydrogens is 218 g/mol. The largest absolute Gasteiger partial charge is 0.481 e. The van der Waals surface area contributed by atoms with E-state index in [1.165, 1.54) is 0 Å². The standard InChI is InChI=1S/C13H17NO3/c1-16-12-4-2-3-11(14-12)13(15)7-9-5-6-10(8-13)17-9/h2-4,9-10,15H,5-8H2,1H3. The molecule has 2 saturated heterocycles. The second-order valence-electron chi connectivity index (χ2n) is 4.96. The number of nitrogens with zero attached hydrogens (tertiary/aromatic N) is 1. The molecule has 0 aliphatic carbocycles. The first-order chi connectivity index (χ1) is 8.19. The van der Waals surface area contributed by atoms with Gasteiger partial charge in [-0.05, 0) is 18.9 Å². The van der Waals surface area contributed by atoms with Crippen LogP contribution in [0.25, 0.3) is 0 Å². The number of pyridine rings is 1. The van der Waals surface area contributed by atoms with Crippen LogP contribution in [0.5, 0.6) is 5.88 Å². The summed E-state index contributed by atoms with van der Waals surface area (Å²) in [5.41, 5.74) is -0.143. The average molecular weight is 235 g/mol. The number of hydrogen-bond donors (Lipinski definition) is 1. The van der Waals surface area contributed by atoms with E-state index in [0.29, 0.717) is 24.4 Å². The first kappa shape index (κ1) is 11.0. The SMILES string of the molecule is COc1cccc(C2(O)CC3CCC(C2)O3)n1. The van der Waals surface area contributed by atoms with E-state index < -0.39 is 5.60 Å². The quantitative estimate of drug-likeness (QED) is 0.846. The summed E-state index contributed by atoms with van der Waals surface area (Å²) in [6.07, 6.45) is 3.76. The van der Waals surface area contributed by atoms with E-state index in [1.807, 2.05) is 12.1 Å². The van der Waals surface area contributed by atoms with Crippen LogP contribution in [0.15, 0.2) is 18.2 Å². The molecule has 2 unspecified atom stereocenters. The third-order valence-corrected chi connectivity index (χ3v) is 3.74. The molecule has 1 N–H and O–H groups in total. The second-order valence-corrected chi connectivity index (χ2v) is 4.96. The van der Waals surface area contributed by atoms with E-state index in [2.05, 4.69) is 4.98 Å². The Balaban J connectivity index is 1.91. The van der Waals surface area contributed by atoms with Gasteiger partial charge in [-0.3, -0.25) is 0 Å². The summed E-state index contributed by atoms with van der Waals surface area (Å²) in [5.74, 6) is 0.551. The van der Waals surface area contributed by atoms with Crippen molar-refractivity contribution in [1.29, 1.82) is 0 Å². The Bertz CT molecular complexity index is 409. The molecule has 0 radical (unpaired) electrons. The van der Waals surface area contributed by atoms with Crippen LogP contribution in [-0.2, 0) is 10.3 Å². The van der Waals surface area contributed by atoms with E-state index in [1.54, 1.807) is 13.2 Å². The number of aliphatic hydroxyl groups is 1. The lowest BCUT2D eigenvalue weighted by Crippen LogP contribution is -2.39. The molecule has 17 heavy (non-hydrogen) atoms. The van der Waals surface area contributed by atoms with Crippen molar-refractivity contribution < 1.29 is 14.6 Å². The summed E-state index contributed by atoms with van der Waals surface area (Å²) >= 11 is 0. The van der Waals surface area contributed by atoms with Crippen LogP contribution in [0.1, 0.15) is 31.4 Å². The van der Waals surface area contributed by atoms with Crippen molar-refractivity contribution in [2.24, 2.45) is 0 Å². The molecular formula is C13H17NO3. The van der Waals surface area contributed by atoms with Gasteiger partial charge < -0.3 is 14.6 Å². The van der Waals surface area contributed by atoms with Crippen LogP contribution in [0.3, 0.4) is 0 Å². The van der Waals surface area contributed by atoms with Crippen molar-refractivity contribution in [2.45, 2.75) is 43.5 Å². The highest BCUT2D eigenvalue weighted by molar-refractivity contribution is 5.22. The van der Waals surface area contributed by atoms with Gasteiger partial charge in [-0.2, -0.15) is 0 Å². The van der Waals surface area contributed by atoms with Crippen LogP contribution in [0.4, 0.5) is 0 Å². The number of ether oxygens (including phenoxy) is 2. The fraction of sp³-hybridized carbons (Fsp3) is 0.615. The maximum Gasteiger partial charge on any atom is 0.213 e. The zero-order valence-corrected chi connectivity index (χ0v) is 9.93. The van der Waals surface area contributed by atoms with E-state index in [9.17, 15) is 5.11 Å². The fourth-order valence-electron chi connectivity index (χ4n) is 2.91. The summed E-state index contributed by atoms with van der Waals surface area (Å²) in [6, 6.07) is 5.53. The van der Waals surface area contributed by atoms with Crippen molar-refractivity contribution in [3.8, 4) is 5.88 Å². The van der Waals surface area contributed by atoms with E-state index in [0.717, 1.165) is 12.8 Å². The van der Waals surface area contributed by atoms with Crippen LogP contribution in [0, 0.1) is 0 Å². The normalized spacial score (nSPS) is 35.9. The Morgan fingerprint density at radius 2 is 2.06 bits per heavy atom. The van der Waals surface area contributed by atoms with Gasteiger partial charge in [0, 0.05) is 18.9 Å². The molecule has 2 aliphatic rings. The van der Waals surface area contributed by atoms with Crippen molar-refractivity contribution in [1.82, 2.24) is 4.98 Å². The van der Waals surface area contributed by atoms with Crippen molar-refractivity contribution >= 4 is 0 Å². The molecule has 4 nitrogen and oxygen atoms in total. The summed E-state index contributed by atoms with van der Waals surface area (Å²) in [6.45, 7) is 0. The Labute approximate surface area is 101 Å². The topological polar surface area (TPSA) is 51.6 Å². The van der Waals surface area contributed by atoms with Gasteiger partial charge in [0.1, 0.15) is 5.60 Å². The Kier molecular flexibility index (Phi) is 2.56. The lowest BCUT2D eigenvalue weighted by atomic mass is 9.87. The molecule has 92 valence electrons. The molecule has 2 bridgehead atoms. The third-order valence-electron chi connectivity index (χ3n) is 3.74. The number of rotatable bonds is 2. The molecule has 0 saturated carbocycles. The van der Waals surface area contributed by atoms with Crippen LogP contribution >= 0.6 is 0 Å². The molecule has 4 heteroatoms. The summed E-state index contributed by atoms with van der Waals surface area (Å²) in [7, 11) is 1.59. The van der Waals surface area contributed by atoms with Gasteiger partial charge >= 0.3 is 0 Å². The van der Waals surface area contributed by atoms with Crippen LogP contribution in [-0.4, -0.2) is 29.4 Å². The lowest BCUT2D eigenvalue weighted by molar-refractivity contribution is -0.117. The predicted octanol–water partition coefficient (Wildman–Crippen LogP) is 1.62. The van der Waals surface area contributed by atoms with Gasteiger partial charge in [-0.1, -0.05) is 6.07 Å². The Hall–Kier alpha value is -1.13. The molecule has 1 aromatic rings. The molecule has 0 aromatic carbocycles. The molecule has 2 atom stereocenters. The maximum atomic E-state index is 10.7. The molecule has 0 amide bonds. The highest BCUT2D eigenvalue weighted by Gasteiger charge is 2.45. The van der Waals surface area contributed by atoms with Crippen molar-refractivity contribution in [2.75, 3.05) is 7.11 Å². The minimum Gasteiger partial charge on any atom is -0.481 e. The highest BCUT2D eigenvalue weighted by Crippen LogP contribution is 2.43. The molecule has 1 aromatic heterocycles. The Morgan fingerprint density at radius 1 is 1.35 bits per heavy atom. The van der Waals surface area contributed by atoms with Crippen LogP contribution in [0.2, 0.25) is 0 Å². The molecule has 0 spiro atoms. The first-order valence-electron chi connectivity index (χ1n) is 6.09. The maximum absolute atomic E-state index is 10.7. The van der Waals surface area contributed by atoms with Crippen LogP contribution < -0.4 is 4.74 Å². The minimum atomic E-state index is -0.849. The number of aromatic nitrogens is 1.